The first-order valence-electron chi connectivity index (χ1n) is 4.03. The zero-order valence-electron chi connectivity index (χ0n) is 6.64. The third kappa shape index (κ3) is 1.50. The van der Waals surface area contributed by atoms with Gasteiger partial charge in [0.25, 0.3) is 0 Å². The minimum Gasteiger partial charge on any atom is -0.386 e. The van der Waals surface area contributed by atoms with Gasteiger partial charge in [0.15, 0.2) is 0 Å². The van der Waals surface area contributed by atoms with Gasteiger partial charge in [-0.1, -0.05) is 0 Å². The molecule has 2 rings (SSSR count). The molecule has 12 heavy (non-hydrogen) atoms. The van der Waals surface area contributed by atoms with Gasteiger partial charge in [0.2, 0.25) is 0 Å². The van der Waals surface area contributed by atoms with Gasteiger partial charge in [0.1, 0.15) is 11.1 Å². The Morgan fingerprint density at radius 2 is 2.67 bits per heavy atom. The van der Waals surface area contributed by atoms with Gasteiger partial charge in [-0.25, -0.2) is 4.98 Å². The Bertz CT molecular complexity index is 231. The van der Waals surface area contributed by atoms with Crippen molar-refractivity contribution in [1.82, 2.24) is 4.98 Å². The lowest BCUT2D eigenvalue weighted by atomic mass is 10.0. The molecule has 0 aliphatic carbocycles. The zero-order valence-corrected chi connectivity index (χ0v) is 7.46. The molecule has 0 saturated carbocycles. The zero-order chi connectivity index (χ0) is 8.39. The molecule has 2 heterocycles. The van der Waals surface area contributed by atoms with E-state index in [1.165, 1.54) is 11.3 Å². The molecule has 1 fully saturated rings. The van der Waals surface area contributed by atoms with Crippen LogP contribution in [-0.2, 0) is 4.74 Å². The van der Waals surface area contributed by atoms with Crippen molar-refractivity contribution in [1.29, 1.82) is 0 Å². The monoisotopic (exact) mass is 185 g/mol. The standard InChI is InChI=1S/C8H11NO2S/c10-7(6-1-3-11-5-6)8-9-2-4-12-8/h2,4,6-7,10H,1,3,5H2. The van der Waals surface area contributed by atoms with E-state index in [2.05, 4.69) is 4.98 Å². The third-order valence-electron chi connectivity index (χ3n) is 2.12. The molecule has 66 valence electrons. The third-order valence-corrected chi connectivity index (χ3v) is 2.96. The van der Waals surface area contributed by atoms with Crippen LogP contribution in [-0.4, -0.2) is 23.3 Å². The second kappa shape index (κ2) is 3.51. The second-order valence-electron chi connectivity index (χ2n) is 2.94. The number of aromatic nitrogens is 1. The number of aliphatic hydroxyl groups is 1. The van der Waals surface area contributed by atoms with Crippen LogP contribution in [0.25, 0.3) is 0 Å². The Kier molecular flexibility index (Phi) is 2.39. The van der Waals surface area contributed by atoms with Crippen LogP contribution in [0, 0.1) is 5.92 Å². The minimum absolute atomic E-state index is 0.246. The van der Waals surface area contributed by atoms with Crippen molar-refractivity contribution in [3.63, 3.8) is 0 Å². The Morgan fingerprint density at radius 1 is 1.75 bits per heavy atom. The van der Waals surface area contributed by atoms with Crippen molar-refractivity contribution >= 4 is 11.3 Å². The average molecular weight is 185 g/mol. The summed E-state index contributed by atoms with van der Waals surface area (Å²) in [6.07, 6.45) is 2.24. The molecule has 2 unspecified atom stereocenters. The predicted octanol–water partition coefficient (Wildman–Crippen LogP) is 1.21. The topological polar surface area (TPSA) is 42.4 Å². The quantitative estimate of drug-likeness (QED) is 0.753. The number of ether oxygens (including phenoxy) is 1. The number of nitrogens with zero attached hydrogens (tertiary/aromatic N) is 1. The summed E-state index contributed by atoms with van der Waals surface area (Å²) in [5.74, 6) is 0.246. The molecular weight excluding hydrogens is 174 g/mol. The van der Waals surface area contributed by atoms with Gasteiger partial charge >= 0.3 is 0 Å². The highest BCUT2D eigenvalue weighted by Crippen LogP contribution is 2.29. The van der Waals surface area contributed by atoms with Gasteiger partial charge < -0.3 is 9.84 Å². The SMILES string of the molecule is OC(c1nccs1)C1CCOC1. The lowest BCUT2D eigenvalue weighted by Gasteiger charge is -2.12. The average Bonchev–Trinajstić information content (AvgIpc) is 2.77. The highest BCUT2D eigenvalue weighted by Gasteiger charge is 2.26. The van der Waals surface area contributed by atoms with Crippen LogP contribution in [0.4, 0.5) is 0 Å². The normalized spacial score (nSPS) is 25.9. The first-order valence-corrected chi connectivity index (χ1v) is 4.91. The van der Waals surface area contributed by atoms with E-state index in [9.17, 15) is 5.11 Å². The first kappa shape index (κ1) is 8.16. The van der Waals surface area contributed by atoms with Gasteiger partial charge in [0, 0.05) is 24.1 Å². The van der Waals surface area contributed by atoms with E-state index in [0.717, 1.165) is 18.0 Å². The number of thiazole rings is 1. The summed E-state index contributed by atoms with van der Waals surface area (Å²) in [7, 11) is 0. The van der Waals surface area contributed by atoms with Gasteiger partial charge in [-0.3, -0.25) is 0 Å². The smallest absolute Gasteiger partial charge is 0.122 e. The van der Waals surface area contributed by atoms with Gasteiger partial charge in [-0.2, -0.15) is 0 Å². The van der Waals surface area contributed by atoms with E-state index in [4.69, 9.17) is 4.74 Å². The maximum Gasteiger partial charge on any atom is 0.122 e. The maximum absolute atomic E-state index is 9.78. The number of hydrogen-bond acceptors (Lipinski definition) is 4. The van der Waals surface area contributed by atoms with Gasteiger partial charge in [-0.05, 0) is 6.42 Å². The van der Waals surface area contributed by atoms with Crippen molar-refractivity contribution in [2.75, 3.05) is 13.2 Å². The fourth-order valence-corrected chi connectivity index (χ4v) is 2.10. The highest BCUT2D eigenvalue weighted by molar-refractivity contribution is 7.09. The Hall–Kier alpha value is -0.450. The molecule has 0 radical (unpaired) electrons. The van der Waals surface area contributed by atoms with E-state index in [1.807, 2.05) is 5.38 Å². The van der Waals surface area contributed by atoms with Crippen LogP contribution < -0.4 is 0 Å². The summed E-state index contributed by atoms with van der Waals surface area (Å²) >= 11 is 1.50. The molecule has 0 amide bonds. The first-order chi connectivity index (χ1) is 5.88. The minimum atomic E-state index is -0.424. The molecule has 1 saturated heterocycles. The maximum atomic E-state index is 9.78. The largest absolute Gasteiger partial charge is 0.386 e. The molecule has 0 spiro atoms. The van der Waals surface area contributed by atoms with Crippen LogP contribution >= 0.6 is 11.3 Å². The summed E-state index contributed by atoms with van der Waals surface area (Å²) in [5.41, 5.74) is 0. The lowest BCUT2D eigenvalue weighted by Crippen LogP contribution is -2.11. The van der Waals surface area contributed by atoms with E-state index < -0.39 is 6.10 Å². The number of aliphatic hydroxyl groups excluding tert-OH is 1. The lowest BCUT2D eigenvalue weighted by molar-refractivity contribution is 0.0916. The molecule has 1 aromatic heterocycles. The van der Waals surface area contributed by atoms with Crippen LogP contribution in [0.3, 0.4) is 0 Å². The van der Waals surface area contributed by atoms with Crippen molar-refractivity contribution in [3.05, 3.63) is 16.6 Å². The summed E-state index contributed by atoms with van der Waals surface area (Å²) in [6, 6.07) is 0. The molecule has 1 aliphatic heterocycles. The molecule has 1 aliphatic rings. The fraction of sp³-hybridized carbons (Fsp3) is 0.625. The predicted molar refractivity (Wildman–Crippen MR) is 46.0 cm³/mol. The van der Waals surface area contributed by atoms with Crippen LogP contribution in [0.5, 0.6) is 0 Å². The van der Waals surface area contributed by atoms with Gasteiger partial charge in [0.05, 0.1) is 6.61 Å². The second-order valence-corrected chi connectivity index (χ2v) is 3.86. The van der Waals surface area contributed by atoms with E-state index >= 15 is 0 Å². The fourth-order valence-electron chi connectivity index (χ4n) is 1.38. The van der Waals surface area contributed by atoms with E-state index in [1.54, 1.807) is 6.20 Å². The number of rotatable bonds is 2. The Morgan fingerprint density at radius 3 is 3.25 bits per heavy atom. The van der Waals surface area contributed by atoms with Crippen LogP contribution in [0.15, 0.2) is 11.6 Å². The van der Waals surface area contributed by atoms with Gasteiger partial charge in [-0.15, -0.1) is 11.3 Å². The molecular formula is C8H11NO2S. The van der Waals surface area contributed by atoms with E-state index in [0.29, 0.717) is 6.61 Å². The van der Waals surface area contributed by atoms with Crippen molar-refractivity contribution < 1.29 is 9.84 Å². The molecule has 3 nitrogen and oxygen atoms in total. The molecule has 4 heteroatoms. The van der Waals surface area contributed by atoms with Crippen LogP contribution in [0.2, 0.25) is 0 Å². The Labute approximate surface area is 75.0 Å². The molecule has 0 aromatic carbocycles. The molecule has 0 bridgehead atoms. The summed E-state index contributed by atoms with van der Waals surface area (Å²) in [4.78, 5) is 4.07. The summed E-state index contributed by atoms with van der Waals surface area (Å²) < 4.78 is 5.19. The van der Waals surface area contributed by atoms with Crippen molar-refractivity contribution in [3.8, 4) is 0 Å². The summed E-state index contributed by atoms with van der Waals surface area (Å²) in [6.45, 7) is 1.44. The summed E-state index contributed by atoms with van der Waals surface area (Å²) in [5, 5.41) is 12.5. The molecule has 1 aromatic rings. The highest BCUT2D eigenvalue weighted by atomic mass is 32.1. The van der Waals surface area contributed by atoms with E-state index in [-0.39, 0.29) is 5.92 Å². The molecule has 1 N–H and O–H groups in total. The van der Waals surface area contributed by atoms with Crippen LogP contribution in [0.1, 0.15) is 17.5 Å². The van der Waals surface area contributed by atoms with Crippen molar-refractivity contribution in [2.45, 2.75) is 12.5 Å². The molecule has 2 atom stereocenters. The van der Waals surface area contributed by atoms with Crippen molar-refractivity contribution in [2.24, 2.45) is 5.92 Å². The Balaban J connectivity index is 2.04. The number of hydrogen-bond donors (Lipinski definition) is 1.